The van der Waals surface area contributed by atoms with Crippen LogP contribution in [0.25, 0.3) is 0 Å². The summed E-state index contributed by atoms with van der Waals surface area (Å²) in [5.41, 5.74) is 0.316. The number of hydrogen-bond acceptors (Lipinski definition) is 3. The fraction of sp³-hybridized carbons (Fsp3) is 1.00. The lowest BCUT2D eigenvalue weighted by atomic mass is 9.98. The van der Waals surface area contributed by atoms with E-state index in [1.165, 1.54) is 56.5 Å². The van der Waals surface area contributed by atoms with Gasteiger partial charge in [0.1, 0.15) is 0 Å². The molecular weight excluding hydrogens is 218 g/mol. The van der Waals surface area contributed by atoms with Gasteiger partial charge in [-0.15, -0.1) is 0 Å². The summed E-state index contributed by atoms with van der Waals surface area (Å²) in [6.45, 7) is 1.09. The monoisotopic (exact) mass is 241 g/mol. The largest absolute Gasteiger partial charge is 0.370 e. The fourth-order valence-electron chi connectivity index (χ4n) is 3.42. The Kier molecular flexibility index (Phi) is 3.46. The van der Waals surface area contributed by atoms with E-state index in [0.717, 1.165) is 12.6 Å². The first-order valence-corrected chi connectivity index (χ1v) is 8.01. The van der Waals surface area contributed by atoms with Crippen molar-refractivity contribution in [1.29, 1.82) is 0 Å². The van der Waals surface area contributed by atoms with Crippen LogP contribution in [-0.2, 0) is 4.74 Å². The average molecular weight is 241 g/mol. The van der Waals surface area contributed by atoms with E-state index in [2.05, 4.69) is 17.1 Å². The van der Waals surface area contributed by atoms with E-state index >= 15 is 0 Å². The van der Waals surface area contributed by atoms with Crippen molar-refractivity contribution in [1.82, 2.24) is 5.32 Å². The SMILES string of the molecule is C1CCC2(C1)CCC(CNC1CCSC1)O2. The molecule has 2 atom stereocenters. The zero-order valence-corrected chi connectivity index (χ0v) is 10.9. The first-order valence-electron chi connectivity index (χ1n) is 6.85. The predicted molar refractivity (Wildman–Crippen MR) is 69.0 cm³/mol. The van der Waals surface area contributed by atoms with Crippen LogP contribution in [0.5, 0.6) is 0 Å². The van der Waals surface area contributed by atoms with Crippen LogP contribution in [-0.4, -0.2) is 35.8 Å². The molecule has 2 saturated heterocycles. The van der Waals surface area contributed by atoms with Crippen molar-refractivity contribution in [3.8, 4) is 0 Å². The molecule has 3 fully saturated rings. The Morgan fingerprint density at radius 3 is 2.81 bits per heavy atom. The molecule has 1 N–H and O–H groups in total. The number of hydrogen-bond donors (Lipinski definition) is 1. The minimum Gasteiger partial charge on any atom is -0.370 e. The van der Waals surface area contributed by atoms with Gasteiger partial charge in [-0.2, -0.15) is 11.8 Å². The van der Waals surface area contributed by atoms with Crippen LogP contribution in [0.15, 0.2) is 0 Å². The maximum atomic E-state index is 6.30. The number of rotatable bonds is 3. The lowest BCUT2D eigenvalue weighted by Crippen LogP contribution is -2.36. The smallest absolute Gasteiger partial charge is 0.0708 e. The quantitative estimate of drug-likeness (QED) is 0.820. The molecule has 3 heteroatoms. The molecule has 0 amide bonds. The maximum Gasteiger partial charge on any atom is 0.0708 e. The molecule has 2 aliphatic heterocycles. The number of ether oxygens (including phenoxy) is 1. The second-order valence-electron chi connectivity index (χ2n) is 5.64. The van der Waals surface area contributed by atoms with Crippen LogP contribution in [0.4, 0.5) is 0 Å². The summed E-state index contributed by atoms with van der Waals surface area (Å²) < 4.78 is 6.30. The Hall–Kier alpha value is 0.270. The van der Waals surface area contributed by atoms with E-state index < -0.39 is 0 Å². The van der Waals surface area contributed by atoms with Gasteiger partial charge in [-0.1, -0.05) is 12.8 Å². The van der Waals surface area contributed by atoms with Crippen LogP contribution < -0.4 is 5.32 Å². The van der Waals surface area contributed by atoms with E-state index in [1.54, 1.807) is 0 Å². The van der Waals surface area contributed by atoms with E-state index in [9.17, 15) is 0 Å². The Morgan fingerprint density at radius 2 is 2.06 bits per heavy atom. The predicted octanol–water partition coefficient (Wildman–Crippen LogP) is 2.57. The summed E-state index contributed by atoms with van der Waals surface area (Å²) in [6.07, 6.45) is 9.88. The first kappa shape index (κ1) is 11.4. The zero-order chi connectivity index (χ0) is 10.8. The molecule has 1 spiro atoms. The van der Waals surface area contributed by atoms with Crippen LogP contribution in [0.3, 0.4) is 0 Å². The minimum absolute atomic E-state index is 0.316. The number of thioether (sulfide) groups is 1. The van der Waals surface area contributed by atoms with Crippen molar-refractivity contribution in [3.63, 3.8) is 0 Å². The van der Waals surface area contributed by atoms with Crippen molar-refractivity contribution in [2.45, 2.75) is 62.7 Å². The maximum absolute atomic E-state index is 6.30. The molecule has 2 heterocycles. The van der Waals surface area contributed by atoms with Gasteiger partial charge in [-0.05, 0) is 37.9 Å². The zero-order valence-electron chi connectivity index (χ0n) is 10.0. The Labute approximate surface area is 103 Å². The van der Waals surface area contributed by atoms with Crippen LogP contribution in [0, 0.1) is 0 Å². The highest BCUT2D eigenvalue weighted by Crippen LogP contribution is 2.43. The summed E-state index contributed by atoms with van der Waals surface area (Å²) in [6, 6.07) is 0.758. The Morgan fingerprint density at radius 1 is 1.19 bits per heavy atom. The van der Waals surface area contributed by atoms with Crippen LogP contribution >= 0.6 is 11.8 Å². The lowest BCUT2D eigenvalue weighted by molar-refractivity contribution is -0.0356. The first-order chi connectivity index (χ1) is 7.86. The van der Waals surface area contributed by atoms with Gasteiger partial charge in [0, 0.05) is 18.3 Å². The summed E-state index contributed by atoms with van der Waals surface area (Å²) in [4.78, 5) is 0. The van der Waals surface area contributed by atoms with Crippen molar-refractivity contribution in [2.75, 3.05) is 18.1 Å². The molecule has 2 unspecified atom stereocenters. The van der Waals surface area contributed by atoms with Crippen molar-refractivity contribution in [3.05, 3.63) is 0 Å². The van der Waals surface area contributed by atoms with Gasteiger partial charge in [0.15, 0.2) is 0 Å². The second kappa shape index (κ2) is 4.87. The van der Waals surface area contributed by atoms with Crippen LogP contribution in [0.1, 0.15) is 44.9 Å². The van der Waals surface area contributed by atoms with Gasteiger partial charge in [0.05, 0.1) is 11.7 Å². The molecule has 3 rings (SSSR count). The van der Waals surface area contributed by atoms with Gasteiger partial charge in [-0.3, -0.25) is 0 Å². The molecule has 92 valence electrons. The molecule has 16 heavy (non-hydrogen) atoms. The third kappa shape index (κ3) is 2.41. The molecule has 1 saturated carbocycles. The van der Waals surface area contributed by atoms with Crippen molar-refractivity contribution < 1.29 is 4.74 Å². The molecule has 0 aromatic heterocycles. The normalized spacial score (nSPS) is 37.5. The average Bonchev–Trinajstić information content (AvgIpc) is 3.01. The molecule has 0 aromatic rings. The molecule has 1 aliphatic carbocycles. The Balaban J connectivity index is 1.43. The third-order valence-electron chi connectivity index (χ3n) is 4.42. The highest BCUT2D eigenvalue weighted by molar-refractivity contribution is 7.99. The lowest BCUT2D eigenvalue weighted by Gasteiger charge is -2.24. The van der Waals surface area contributed by atoms with E-state index in [4.69, 9.17) is 4.74 Å². The van der Waals surface area contributed by atoms with E-state index in [-0.39, 0.29) is 0 Å². The summed E-state index contributed by atoms with van der Waals surface area (Å²) in [5.74, 6) is 2.64. The van der Waals surface area contributed by atoms with Gasteiger partial charge < -0.3 is 10.1 Å². The molecule has 0 radical (unpaired) electrons. The third-order valence-corrected chi connectivity index (χ3v) is 5.58. The van der Waals surface area contributed by atoms with Gasteiger partial charge in [0.2, 0.25) is 0 Å². The van der Waals surface area contributed by atoms with Gasteiger partial charge in [0.25, 0.3) is 0 Å². The highest BCUT2D eigenvalue weighted by atomic mass is 32.2. The number of nitrogens with one attached hydrogen (secondary N) is 1. The minimum atomic E-state index is 0.316. The summed E-state index contributed by atoms with van der Waals surface area (Å²) in [5, 5.41) is 3.68. The molecule has 2 nitrogen and oxygen atoms in total. The molecule has 0 bridgehead atoms. The standard InChI is InChI=1S/C13H23NOS/c1-2-6-13(5-1)7-3-12(15-13)9-14-11-4-8-16-10-11/h11-12,14H,1-10H2. The van der Waals surface area contributed by atoms with Crippen LogP contribution in [0.2, 0.25) is 0 Å². The van der Waals surface area contributed by atoms with Gasteiger partial charge in [-0.25, -0.2) is 0 Å². The van der Waals surface area contributed by atoms with E-state index in [1.807, 2.05) is 0 Å². The van der Waals surface area contributed by atoms with E-state index in [0.29, 0.717) is 11.7 Å². The Bertz CT molecular complexity index is 234. The summed E-state index contributed by atoms with van der Waals surface area (Å²) >= 11 is 2.08. The van der Waals surface area contributed by atoms with Crippen molar-refractivity contribution >= 4 is 11.8 Å². The second-order valence-corrected chi connectivity index (χ2v) is 6.79. The topological polar surface area (TPSA) is 21.3 Å². The summed E-state index contributed by atoms with van der Waals surface area (Å²) in [7, 11) is 0. The fourth-order valence-corrected chi connectivity index (χ4v) is 4.61. The van der Waals surface area contributed by atoms with Gasteiger partial charge >= 0.3 is 0 Å². The van der Waals surface area contributed by atoms with Crippen molar-refractivity contribution in [2.24, 2.45) is 0 Å². The highest BCUT2D eigenvalue weighted by Gasteiger charge is 2.41. The molecule has 3 aliphatic rings. The molecular formula is C13H23NOS. The molecule has 0 aromatic carbocycles.